The molecule has 20 heavy (non-hydrogen) atoms. The van der Waals surface area contributed by atoms with Gasteiger partial charge >= 0.3 is 5.69 Å². The predicted molar refractivity (Wildman–Crippen MR) is 68.3 cm³/mol. The number of aromatic nitrogens is 2. The Morgan fingerprint density at radius 1 is 1.20 bits per heavy atom. The molecule has 2 heterocycles. The van der Waals surface area contributed by atoms with E-state index in [0.717, 1.165) is 10.5 Å². The van der Waals surface area contributed by atoms with Crippen molar-refractivity contribution in [1.82, 2.24) is 19.2 Å². The van der Waals surface area contributed by atoms with Gasteiger partial charge in [-0.25, -0.2) is 9.93 Å². The molecule has 1 aliphatic rings. The molecule has 0 aliphatic carbocycles. The van der Waals surface area contributed by atoms with Crippen LogP contribution in [0.25, 0.3) is 0 Å². The van der Waals surface area contributed by atoms with Crippen LogP contribution in [0.15, 0.2) is 15.8 Å². The molecule has 0 bridgehead atoms. The second-order valence-electron chi connectivity index (χ2n) is 4.22. The van der Waals surface area contributed by atoms with Crippen molar-refractivity contribution in [3.8, 4) is 0 Å². The first-order valence-corrected chi connectivity index (χ1v) is 7.18. The van der Waals surface area contributed by atoms with E-state index in [1.165, 1.54) is 4.90 Å². The van der Waals surface area contributed by atoms with Crippen LogP contribution < -0.4 is 16.4 Å². The van der Waals surface area contributed by atoms with E-state index in [-0.39, 0.29) is 31.7 Å². The van der Waals surface area contributed by atoms with Gasteiger partial charge in [0.15, 0.2) is 0 Å². The molecule has 110 valence electrons. The Kier molecular flexibility index (Phi) is 3.74. The lowest BCUT2D eigenvalue weighted by Crippen LogP contribution is -2.52. The van der Waals surface area contributed by atoms with Crippen molar-refractivity contribution in [2.45, 2.75) is 0 Å². The Hall–Kier alpha value is -1.98. The number of piperazine rings is 1. The maximum Gasteiger partial charge on any atom is 0.325 e. The van der Waals surface area contributed by atoms with Gasteiger partial charge in [0.1, 0.15) is 5.56 Å². The van der Waals surface area contributed by atoms with Crippen LogP contribution in [0.5, 0.6) is 0 Å². The van der Waals surface area contributed by atoms with Crippen LogP contribution in [-0.2, 0) is 10.2 Å². The summed E-state index contributed by atoms with van der Waals surface area (Å²) in [6, 6.07) is 0. The molecule has 0 aromatic carbocycles. The Bertz CT molecular complexity index is 728. The van der Waals surface area contributed by atoms with Crippen LogP contribution >= 0.6 is 0 Å². The standard InChI is InChI=1S/C9H13N5O5S/c10-20(18,19)14-3-1-13(2-4-14)8(16)6-5-11-9(17)12-7(6)15/h5H,1-4H2,(H2,10,18,19)(H2,11,12,15,17). The minimum absolute atomic E-state index is 0.0613. The smallest absolute Gasteiger partial charge is 0.325 e. The number of nitrogens with one attached hydrogen (secondary N) is 2. The lowest BCUT2D eigenvalue weighted by atomic mass is 10.2. The van der Waals surface area contributed by atoms with Crippen molar-refractivity contribution in [2.24, 2.45) is 5.14 Å². The minimum Gasteiger partial charge on any atom is -0.336 e. The Balaban J connectivity index is 2.13. The highest BCUT2D eigenvalue weighted by Crippen LogP contribution is 2.07. The average molecular weight is 303 g/mol. The molecule has 1 aromatic heterocycles. The topological polar surface area (TPSA) is 149 Å². The maximum absolute atomic E-state index is 12.1. The molecule has 2 rings (SSSR count). The number of hydrogen-bond donors (Lipinski definition) is 3. The highest BCUT2D eigenvalue weighted by molar-refractivity contribution is 7.86. The number of amides is 1. The van der Waals surface area contributed by atoms with Crippen LogP contribution in [0, 0.1) is 0 Å². The molecule has 11 heteroatoms. The fraction of sp³-hybridized carbons (Fsp3) is 0.444. The molecule has 1 aliphatic heterocycles. The SMILES string of the molecule is NS(=O)(=O)N1CCN(C(=O)c2c[nH]c(=O)[nH]c2=O)CC1. The van der Waals surface area contributed by atoms with Gasteiger partial charge in [-0.15, -0.1) is 0 Å². The first-order chi connectivity index (χ1) is 9.29. The molecule has 1 fully saturated rings. The number of hydrogen-bond acceptors (Lipinski definition) is 5. The first kappa shape index (κ1) is 14.4. The van der Waals surface area contributed by atoms with Gasteiger partial charge in [-0.05, 0) is 0 Å². The van der Waals surface area contributed by atoms with Crippen molar-refractivity contribution < 1.29 is 13.2 Å². The van der Waals surface area contributed by atoms with Gasteiger partial charge in [-0.2, -0.15) is 12.7 Å². The third kappa shape index (κ3) is 2.95. The Morgan fingerprint density at radius 3 is 2.30 bits per heavy atom. The van der Waals surface area contributed by atoms with Crippen LogP contribution in [0.2, 0.25) is 0 Å². The number of rotatable bonds is 2. The summed E-state index contributed by atoms with van der Waals surface area (Å²) in [5, 5.41) is 4.98. The quantitative estimate of drug-likeness (QED) is 0.533. The number of nitrogens with zero attached hydrogens (tertiary/aromatic N) is 2. The molecule has 0 spiro atoms. The van der Waals surface area contributed by atoms with Crippen LogP contribution in [0.3, 0.4) is 0 Å². The van der Waals surface area contributed by atoms with Crippen LogP contribution in [0.4, 0.5) is 0 Å². The molecule has 1 aromatic rings. The second kappa shape index (κ2) is 5.19. The molecule has 0 radical (unpaired) electrons. The van der Waals surface area contributed by atoms with Gasteiger partial charge in [0.2, 0.25) is 0 Å². The molecule has 0 saturated carbocycles. The van der Waals surface area contributed by atoms with E-state index < -0.39 is 27.4 Å². The van der Waals surface area contributed by atoms with Gasteiger partial charge in [0.05, 0.1) is 0 Å². The monoisotopic (exact) mass is 303 g/mol. The number of H-pyrrole nitrogens is 2. The Labute approximate surface area is 113 Å². The van der Waals surface area contributed by atoms with Crippen molar-refractivity contribution >= 4 is 16.1 Å². The number of aromatic amines is 2. The number of carbonyl (C=O) groups excluding carboxylic acids is 1. The van der Waals surface area contributed by atoms with Crippen LogP contribution in [0.1, 0.15) is 10.4 Å². The van der Waals surface area contributed by atoms with E-state index in [9.17, 15) is 22.8 Å². The zero-order valence-electron chi connectivity index (χ0n) is 10.3. The first-order valence-electron chi connectivity index (χ1n) is 5.68. The molecular weight excluding hydrogens is 290 g/mol. The number of carbonyl (C=O) groups is 1. The van der Waals surface area contributed by atoms with E-state index in [1.807, 2.05) is 4.98 Å². The lowest BCUT2D eigenvalue weighted by molar-refractivity contribution is 0.0695. The predicted octanol–water partition coefficient (Wildman–Crippen LogP) is -2.98. The third-order valence-corrected chi connectivity index (χ3v) is 4.02. The van der Waals surface area contributed by atoms with E-state index in [0.29, 0.717) is 0 Å². The van der Waals surface area contributed by atoms with E-state index >= 15 is 0 Å². The van der Waals surface area contributed by atoms with Gasteiger partial charge in [-0.3, -0.25) is 14.6 Å². The summed E-state index contributed by atoms with van der Waals surface area (Å²) in [6.07, 6.45) is 1.04. The highest BCUT2D eigenvalue weighted by atomic mass is 32.2. The summed E-state index contributed by atoms with van der Waals surface area (Å²) in [4.78, 5) is 39.9. The van der Waals surface area contributed by atoms with E-state index in [1.54, 1.807) is 0 Å². The highest BCUT2D eigenvalue weighted by Gasteiger charge is 2.28. The second-order valence-corrected chi connectivity index (χ2v) is 5.77. The lowest BCUT2D eigenvalue weighted by Gasteiger charge is -2.32. The van der Waals surface area contributed by atoms with Gasteiger partial charge in [0.25, 0.3) is 21.7 Å². The average Bonchev–Trinajstić information content (AvgIpc) is 2.37. The molecule has 1 amide bonds. The molecule has 0 atom stereocenters. The fourth-order valence-corrected chi connectivity index (χ4v) is 2.56. The van der Waals surface area contributed by atoms with E-state index in [4.69, 9.17) is 5.14 Å². The summed E-state index contributed by atoms with van der Waals surface area (Å²) in [5.41, 5.74) is -1.69. The van der Waals surface area contributed by atoms with E-state index in [2.05, 4.69) is 4.98 Å². The maximum atomic E-state index is 12.1. The molecule has 4 N–H and O–H groups in total. The normalized spacial score (nSPS) is 17.1. The minimum atomic E-state index is -3.77. The fourth-order valence-electron chi connectivity index (χ4n) is 1.88. The summed E-state index contributed by atoms with van der Waals surface area (Å²) in [7, 11) is -3.77. The third-order valence-electron chi connectivity index (χ3n) is 2.94. The summed E-state index contributed by atoms with van der Waals surface area (Å²) < 4.78 is 23.3. The van der Waals surface area contributed by atoms with Gasteiger partial charge in [-0.1, -0.05) is 0 Å². The Morgan fingerprint density at radius 2 is 1.80 bits per heavy atom. The summed E-state index contributed by atoms with van der Waals surface area (Å²) in [5.74, 6) is -0.573. The van der Waals surface area contributed by atoms with Crippen molar-refractivity contribution in [1.29, 1.82) is 0 Å². The molecule has 0 unspecified atom stereocenters. The largest absolute Gasteiger partial charge is 0.336 e. The zero-order chi connectivity index (χ0) is 14.9. The zero-order valence-corrected chi connectivity index (χ0v) is 11.1. The van der Waals surface area contributed by atoms with Crippen molar-refractivity contribution in [3.63, 3.8) is 0 Å². The summed E-state index contributed by atoms with van der Waals surface area (Å²) in [6.45, 7) is 0.360. The number of nitrogens with two attached hydrogens (primary N) is 1. The molecule has 1 saturated heterocycles. The van der Waals surface area contributed by atoms with Crippen LogP contribution in [-0.4, -0.2) is 59.7 Å². The van der Waals surface area contributed by atoms with Gasteiger partial charge in [0, 0.05) is 32.4 Å². The molecular formula is C9H13N5O5S. The molecule has 10 nitrogen and oxygen atoms in total. The van der Waals surface area contributed by atoms with Gasteiger partial charge < -0.3 is 9.88 Å². The van der Waals surface area contributed by atoms with Crippen molar-refractivity contribution in [2.75, 3.05) is 26.2 Å². The summed E-state index contributed by atoms with van der Waals surface area (Å²) >= 11 is 0. The van der Waals surface area contributed by atoms with Crippen molar-refractivity contribution in [3.05, 3.63) is 32.6 Å².